The Labute approximate surface area is 180 Å². The molecule has 4 rings (SSSR count). The minimum Gasteiger partial charge on any atom is -0.497 e. The maximum Gasteiger partial charge on any atom is 0.291 e. The van der Waals surface area contributed by atoms with Crippen LogP contribution in [0.25, 0.3) is 5.70 Å². The number of hydrogen-bond donors (Lipinski definition) is 2. The Morgan fingerprint density at radius 3 is 2.71 bits per heavy atom. The SMILES string of the molecule is COc1ccc2c(c1)/C(=C/C(=O)c1cccc(NC(=O)c3ccco3)c1)NC(C)(C)C2. The van der Waals surface area contributed by atoms with Gasteiger partial charge in [0.2, 0.25) is 0 Å². The van der Waals surface area contributed by atoms with Gasteiger partial charge in [0.05, 0.1) is 13.4 Å². The molecule has 2 heterocycles. The monoisotopic (exact) mass is 416 g/mol. The van der Waals surface area contributed by atoms with E-state index in [-0.39, 0.29) is 23.0 Å². The fourth-order valence-corrected chi connectivity index (χ4v) is 3.72. The zero-order chi connectivity index (χ0) is 22.0. The third-order valence-corrected chi connectivity index (χ3v) is 5.14. The minimum absolute atomic E-state index is 0.164. The molecule has 3 aromatic rings. The van der Waals surface area contributed by atoms with Crippen molar-refractivity contribution in [1.29, 1.82) is 0 Å². The van der Waals surface area contributed by atoms with Crippen LogP contribution >= 0.6 is 0 Å². The number of furan rings is 1. The van der Waals surface area contributed by atoms with E-state index in [1.54, 1.807) is 49.6 Å². The van der Waals surface area contributed by atoms with Gasteiger partial charge in [-0.1, -0.05) is 18.2 Å². The first kappa shape index (κ1) is 20.5. The van der Waals surface area contributed by atoms with Gasteiger partial charge < -0.3 is 19.8 Å². The molecule has 0 fully saturated rings. The molecule has 1 aliphatic heterocycles. The standard InChI is InChI=1S/C25H24N2O4/c1-25(2)15-17-9-10-19(30-3)13-20(17)21(27-25)14-22(28)16-6-4-7-18(12-16)26-24(29)23-8-5-11-31-23/h4-14,27H,15H2,1-3H3,(H,26,29)/b21-14-. The quantitative estimate of drug-likeness (QED) is 0.466. The number of allylic oxidation sites excluding steroid dienone is 1. The van der Waals surface area contributed by atoms with E-state index in [1.807, 2.05) is 18.2 Å². The van der Waals surface area contributed by atoms with Crippen LogP contribution in [0.5, 0.6) is 5.75 Å². The van der Waals surface area contributed by atoms with Crippen molar-refractivity contribution in [2.45, 2.75) is 25.8 Å². The Kier molecular flexibility index (Phi) is 5.38. The van der Waals surface area contributed by atoms with Gasteiger partial charge in [-0.3, -0.25) is 9.59 Å². The smallest absolute Gasteiger partial charge is 0.291 e. The van der Waals surface area contributed by atoms with Crippen LogP contribution in [0, 0.1) is 0 Å². The molecule has 1 aliphatic rings. The number of methoxy groups -OCH3 is 1. The highest BCUT2D eigenvalue weighted by molar-refractivity contribution is 6.10. The fraction of sp³-hybridized carbons (Fsp3) is 0.200. The topological polar surface area (TPSA) is 80.6 Å². The average molecular weight is 416 g/mol. The maximum atomic E-state index is 13.1. The van der Waals surface area contributed by atoms with Crippen molar-refractivity contribution in [3.63, 3.8) is 0 Å². The molecule has 0 saturated heterocycles. The van der Waals surface area contributed by atoms with Gasteiger partial charge in [-0.25, -0.2) is 0 Å². The molecule has 6 heteroatoms. The van der Waals surface area contributed by atoms with Gasteiger partial charge in [-0.15, -0.1) is 0 Å². The maximum absolute atomic E-state index is 13.1. The van der Waals surface area contributed by atoms with Crippen molar-refractivity contribution in [3.05, 3.63) is 89.4 Å². The number of anilines is 1. The van der Waals surface area contributed by atoms with E-state index in [0.717, 1.165) is 29.0 Å². The predicted molar refractivity (Wildman–Crippen MR) is 119 cm³/mol. The Morgan fingerprint density at radius 1 is 1.13 bits per heavy atom. The molecule has 31 heavy (non-hydrogen) atoms. The lowest BCUT2D eigenvalue weighted by Crippen LogP contribution is -2.43. The predicted octanol–water partition coefficient (Wildman–Crippen LogP) is 4.69. The van der Waals surface area contributed by atoms with Gasteiger partial charge in [0, 0.05) is 34.1 Å². The van der Waals surface area contributed by atoms with Crippen LogP contribution in [0.1, 0.15) is 45.9 Å². The molecular formula is C25H24N2O4. The summed E-state index contributed by atoms with van der Waals surface area (Å²) < 4.78 is 10.5. The molecule has 2 N–H and O–H groups in total. The van der Waals surface area contributed by atoms with Crippen LogP contribution < -0.4 is 15.4 Å². The van der Waals surface area contributed by atoms with Crippen molar-refractivity contribution in [3.8, 4) is 5.75 Å². The minimum atomic E-state index is -0.371. The Hall–Kier alpha value is -3.80. The van der Waals surface area contributed by atoms with E-state index in [4.69, 9.17) is 9.15 Å². The molecule has 0 spiro atoms. The zero-order valence-corrected chi connectivity index (χ0v) is 17.7. The molecule has 0 bridgehead atoms. The average Bonchev–Trinajstić information content (AvgIpc) is 3.28. The highest BCUT2D eigenvalue weighted by atomic mass is 16.5. The Balaban J connectivity index is 1.62. The number of rotatable bonds is 5. The van der Waals surface area contributed by atoms with Crippen molar-refractivity contribution in [2.24, 2.45) is 0 Å². The second-order valence-electron chi connectivity index (χ2n) is 8.14. The van der Waals surface area contributed by atoms with Crippen molar-refractivity contribution < 1.29 is 18.7 Å². The first-order chi connectivity index (χ1) is 14.8. The van der Waals surface area contributed by atoms with E-state index in [9.17, 15) is 9.59 Å². The number of hydrogen-bond acceptors (Lipinski definition) is 5. The number of nitrogens with one attached hydrogen (secondary N) is 2. The normalized spacial score (nSPS) is 15.6. The summed E-state index contributed by atoms with van der Waals surface area (Å²) in [5.74, 6) is 0.409. The summed E-state index contributed by atoms with van der Waals surface area (Å²) in [6.45, 7) is 4.20. The van der Waals surface area contributed by atoms with Crippen LogP contribution in [-0.4, -0.2) is 24.3 Å². The number of ether oxygens (including phenoxy) is 1. The van der Waals surface area contributed by atoms with Gasteiger partial charge in [0.15, 0.2) is 11.5 Å². The first-order valence-corrected chi connectivity index (χ1v) is 10.0. The van der Waals surface area contributed by atoms with Gasteiger partial charge in [-0.05, 0) is 62.2 Å². The van der Waals surface area contributed by atoms with Crippen LogP contribution in [0.4, 0.5) is 5.69 Å². The van der Waals surface area contributed by atoms with E-state index in [2.05, 4.69) is 24.5 Å². The second-order valence-corrected chi connectivity index (χ2v) is 8.14. The number of ketones is 1. The van der Waals surface area contributed by atoms with Crippen LogP contribution in [0.2, 0.25) is 0 Å². The summed E-state index contributed by atoms with van der Waals surface area (Å²) in [4.78, 5) is 25.3. The van der Waals surface area contributed by atoms with E-state index >= 15 is 0 Å². The highest BCUT2D eigenvalue weighted by Gasteiger charge is 2.28. The summed E-state index contributed by atoms with van der Waals surface area (Å²) in [7, 11) is 1.62. The summed E-state index contributed by atoms with van der Waals surface area (Å²) in [6, 6.07) is 16.0. The number of benzene rings is 2. The number of carbonyl (C=O) groups is 2. The van der Waals surface area contributed by atoms with Crippen LogP contribution in [0.15, 0.2) is 71.4 Å². The number of amides is 1. The molecule has 0 radical (unpaired) electrons. The van der Waals surface area contributed by atoms with Crippen molar-refractivity contribution >= 4 is 23.1 Å². The largest absolute Gasteiger partial charge is 0.497 e. The molecule has 1 aromatic heterocycles. The lowest BCUT2D eigenvalue weighted by atomic mass is 9.85. The summed E-state index contributed by atoms with van der Waals surface area (Å²) in [5.41, 5.74) is 3.66. The Bertz CT molecular complexity index is 1160. The van der Waals surface area contributed by atoms with Gasteiger partial charge >= 0.3 is 0 Å². The van der Waals surface area contributed by atoms with E-state index in [1.165, 1.54) is 6.26 Å². The molecule has 158 valence electrons. The zero-order valence-electron chi connectivity index (χ0n) is 17.7. The van der Waals surface area contributed by atoms with E-state index < -0.39 is 0 Å². The van der Waals surface area contributed by atoms with Crippen LogP contribution in [0.3, 0.4) is 0 Å². The molecule has 0 atom stereocenters. The molecule has 6 nitrogen and oxygen atoms in total. The van der Waals surface area contributed by atoms with Crippen LogP contribution in [-0.2, 0) is 6.42 Å². The third-order valence-electron chi connectivity index (χ3n) is 5.14. The lowest BCUT2D eigenvalue weighted by Gasteiger charge is -2.35. The molecule has 0 aliphatic carbocycles. The molecule has 0 saturated carbocycles. The number of carbonyl (C=O) groups excluding carboxylic acids is 2. The van der Waals surface area contributed by atoms with Gasteiger partial charge in [0.25, 0.3) is 5.91 Å². The van der Waals surface area contributed by atoms with Gasteiger partial charge in [-0.2, -0.15) is 0 Å². The summed E-state index contributed by atoms with van der Waals surface area (Å²) >= 11 is 0. The Morgan fingerprint density at radius 2 is 1.97 bits per heavy atom. The van der Waals surface area contributed by atoms with Gasteiger partial charge in [0.1, 0.15) is 5.75 Å². The second kappa shape index (κ2) is 8.14. The highest BCUT2D eigenvalue weighted by Crippen LogP contribution is 2.32. The molecule has 2 aromatic carbocycles. The fourth-order valence-electron chi connectivity index (χ4n) is 3.72. The van der Waals surface area contributed by atoms with E-state index in [0.29, 0.717) is 11.3 Å². The molecule has 1 amide bonds. The first-order valence-electron chi connectivity index (χ1n) is 10.0. The summed E-state index contributed by atoms with van der Waals surface area (Å²) in [5, 5.41) is 6.22. The van der Waals surface area contributed by atoms with Crippen molar-refractivity contribution in [1.82, 2.24) is 5.32 Å². The molecular weight excluding hydrogens is 392 g/mol. The molecule has 0 unspecified atom stereocenters. The summed E-state index contributed by atoms with van der Waals surface area (Å²) in [6.07, 6.45) is 3.88. The third kappa shape index (κ3) is 4.53. The number of fused-ring (bicyclic) bond motifs is 1. The lowest BCUT2D eigenvalue weighted by molar-refractivity contribution is 0.0994. The van der Waals surface area contributed by atoms with Crippen molar-refractivity contribution in [2.75, 3.05) is 12.4 Å².